The molecule has 0 saturated carbocycles. The Labute approximate surface area is 276 Å². The van der Waals surface area contributed by atoms with Gasteiger partial charge in [-0.05, 0) is 74.7 Å². The minimum Gasteiger partial charge on any atom is -0.450 e. The van der Waals surface area contributed by atoms with Gasteiger partial charge in [-0.2, -0.15) is 0 Å². The molecule has 1 aromatic rings. The fraction of sp³-hybridized carbons (Fsp3) is 0.609. The van der Waals surface area contributed by atoms with E-state index in [4.69, 9.17) is 4.74 Å². The number of ether oxygens (including phenoxy) is 1. The molecule has 18 heteroatoms. The van der Waals surface area contributed by atoms with Crippen LogP contribution in [0, 0.1) is 10.7 Å². The average Bonchev–Trinajstić information content (AvgIpc) is 2.93. The summed E-state index contributed by atoms with van der Waals surface area (Å²) in [6.45, 7) is -3.08. The quantitative estimate of drug-likeness (QED) is 0.0850. The predicted octanol–water partition coefficient (Wildman–Crippen LogP) is -1.63. The number of amides is 3. The monoisotopic (exact) mass is 925 g/mol. The summed E-state index contributed by atoms with van der Waals surface area (Å²) in [6.07, 6.45) is -6.52. The van der Waals surface area contributed by atoms with Crippen molar-refractivity contribution in [2.45, 2.75) is 31.3 Å². The van der Waals surface area contributed by atoms with E-state index in [0.717, 1.165) is 9.80 Å². The van der Waals surface area contributed by atoms with E-state index in [1.165, 1.54) is 0 Å². The van der Waals surface area contributed by atoms with Crippen LogP contribution in [0.5, 0.6) is 0 Å². The number of halogens is 3. The summed E-state index contributed by atoms with van der Waals surface area (Å²) in [5.74, 6) is -1.65. The van der Waals surface area contributed by atoms with Crippen molar-refractivity contribution in [1.29, 1.82) is 0 Å². The number of carbonyl (C=O) groups excluding carboxylic acids is 3. The molecule has 15 nitrogen and oxygen atoms in total. The van der Waals surface area contributed by atoms with E-state index in [9.17, 15) is 55.2 Å². The molecule has 0 bridgehead atoms. The van der Waals surface area contributed by atoms with Crippen LogP contribution in [0.2, 0.25) is 0 Å². The van der Waals surface area contributed by atoms with Gasteiger partial charge in [0, 0.05) is 29.7 Å². The first-order chi connectivity index (χ1) is 19.3. The minimum atomic E-state index is -1.40. The third-order valence-corrected chi connectivity index (χ3v) is 8.63. The Morgan fingerprint density at radius 3 is 1.27 bits per heavy atom. The molecule has 0 radical (unpaired) electrons. The van der Waals surface area contributed by atoms with Crippen molar-refractivity contribution in [1.82, 2.24) is 9.80 Å². The van der Waals surface area contributed by atoms with Crippen LogP contribution in [0.15, 0.2) is 0 Å². The SMILES string of the molecule is CCOC(=O)Nc1c(I)c(C(=O)N(CC(O)CO)CC(O)CO)c(I)c(C(=O)N(CC(O)CO)CC(O)CO)c1I. The zero-order chi connectivity index (χ0) is 31.4. The summed E-state index contributed by atoms with van der Waals surface area (Å²) in [7, 11) is 0. The van der Waals surface area contributed by atoms with E-state index in [-0.39, 0.29) is 34.1 Å². The van der Waals surface area contributed by atoms with Gasteiger partial charge in [-0.15, -0.1) is 0 Å². The number of carbonyl (C=O) groups is 3. The Balaban J connectivity index is 3.93. The van der Waals surface area contributed by atoms with Crippen LogP contribution in [-0.2, 0) is 4.74 Å². The molecule has 0 heterocycles. The number of aliphatic hydroxyl groups is 8. The van der Waals surface area contributed by atoms with Crippen LogP contribution >= 0.6 is 67.8 Å². The smallest absolute Gasteiger partial charge is 0.411 e. The van der Waals surface area contributed by atoms with E-state index >= 15 is 0 Å². The van der Waals surface area contributed by atoms with Crippen LogP contribution < -0.4 is 5.32 Å². The molecule has 1 rings (SSSR count). The first-order valence-corrected chi connectivity index (χ1v) is 15.4. The molecule has 0 aliphatic rings. The fourth-order valence-electron chi connectivity index (χ4n) is 3.46. The number of hydrogen-bond acceptors (Lipinski definition) is 12. The topological polar surface area (TPSA) is 241 Å². The number of benzene rings is 1. The average molecular weight is 925 g/mol. The Kier molecular flexibility index (Phi) is 17.6. The lowest BCUT2D eigenvalue weighted by Gasteiger charge is -2.30. The number of rotatable bonds is 16. The van der Waals surface area contributed by atoms with Crippen molar-refractivity contribution in [2.24, 2.45) is 0 Å². The third kappa shape index (κ3) is 11.1. The lowest BCUT2D eigenvalue weighted by molar-refractivity contribution is 0.0204. The molecule has 4 unspecified atom stereocenters. The van der Waals surface area contributed by atoms with Crippen molar-refractivity contribution in [2.75, 3.05) is 64.5 Å². The highest BCUT2D eigenvalue weighted by atomic mass is 127. The summed E-state index contributed by atoms with van der Waals surface area (Å²) in [6, 6.07) is 0. The lowest BCUT2D eigenvalue weighted by Crippen LogP contribution is -2.46. The van der Waals surface area contributed by atoms with Gasteiger partial charge in [0.2, 0.25) is 0 Å². The second kappa shape index (κ2) is 18.9. The van der Waals surface area contributed by atoms with Gasteiger partial charge in [0.05, 0.1) is 81.4 Å². The molecule has 3 amide bonds. The highest BCUT2D eigenvalue weighted by molar-refractivity contribution is 14.1. The highest BCUT2D eigenvalue weighted by Crippen LogP contribution is 2.37. The maximum atomic E-state index is 13.9. The molecule has 0 aromatic heterocycles. The zero-order valence-electron chi connectivity index (χ0n) is 21.9. The van der Waals surface area contributed by atoms with Gasteiger partial charge < -0.3 is 55.4 Å². The van der Waals surface area contributed by atoms with Crippen LogP contribution in [0.1, 0.15) is 27.6 Å². The lowest BCUT2D eigenvalue weighted by atomic mass is 10.1. The molecular weight excluding hydrogens is 891 g/mol. The summed E-state index contributed by atoms with van der Waals surface area (Å²) in [5.41, 5.74) is -0.266. The summed E-state index contributed by atoms with van der Waals surface area (Å²) >= 11 is 5.28. The number of anilines is 1. The first kappa shape index (κ1) is 38.3. The van der Waals surface area contributed by atoms with Gasteiger partial charge in [-0.1, -0.05) is 0 Å². The maximum Gasteiger partial charge on any atom is 0.411 e. The van der Waals surface area contributed by atoms with Crippen LogP contribution in [0.3, 0.4) is 0 Å². The van der Waals surface area contributed by atoms with E-state index in [1.54, 1.807) is 74.7 Å². The number of hydrogen-bond donors (Lipinski definition) is 9. The standard InChI is InChI=1S/C23H34I3N3O12/c1-2-41-23(40)27-20-18(25)15(21(38)28(3-11(34)7-30)4-12(35)8-31)17(24)16(19(20)26)22(39)29(5-13(36)9-32)6-14(37)10-33/h11-14,30-37H,2-10H2,1H3,(H,27,40). The van der Waals surface area contributed by atoms with Gasteiger partial charge in [0.15, 0.2) is 0 Å². The minimum absolute atomic E-state index is 0.00694. The molecule has 0 aliphatic heterocycles. The Morgan fingerprint density at radius 2 is 1.00 bits per heavy atom. The molecular formula is C23H34I3N3O12. The first-order valence-electron chi connectivity index (χ1n) is 12.2. The van der Waals surface area contributed by atoms with Crippen molar-refractivity contribution in [3.63, 3.8) is 0 Å². The summed E-state index contributed by atoms with van der Waals surface area (Å²) in [4.78, 5) is 42.1. The van der Waals surface area contributed by atoms with Gasteiger partial charge in [-0.3, -0.25) is 14.9 Å². The summed E-state index contributed by atoms with van der Waals surface area (Å²) < 4.78 is 5.33. The van der Waals surface area contributed by atoms with Crippen molar-refractivity contribution < 1.29 is 60.0 Å². The van der Waals surface area contributed by atoms with Gasteiger partial charge >= 0.3 is 6.09 Å². The van der Waals surface area contributed by atoms with E-state index in [0.29, 0.717) is 0 Å². The Morgan fingerprint density at radius 1 is 0.683 bits per heavy atom. The van der Waals surface area contributed by atoms with Crippen molar-refractivity contribution in [3.8, 4) is 0 Å². The zero-order valence-corrected chi connectivity index (χ0v) is 28.4. The summed E-state index contributed by atoms with van der Waals surface area (Å²) in [5, 5.41) is 80.0. The molecule has 41 heavy (non-hydrogen) atoms. The van der Waals surface area contributed by atoms with Crippen LogP contribution in [0.25, 0.3) is 0 Å². The van der Waals surface area contributed by atoms with Crippen molar-refractivity contribution in [3.05, 3.63) is 21.8 Å². The molecule has 0 fully saturated rings. The predicted molar refractivity (Wildman–Crippen MR) is 169 cm³/mol. The highest BCUT2D eigenvalue weighted by Gasteiger charge is 2.34. The van der Waals surface area contributed by atoms with Crippen molar-refractivity contribution >= 4 is 91.4 Å². The van der Waals surface area contributed by atoms with Crippen LogP contribution in [-0.4, -0.2) is 152 Å². The second-order valence-electron chi connectivity index (χ2n) is 8.68. The van der Waals surface area contributed by atoms with E-state index < -0.39 is 94.9 Å². The number of nitrogens with one attached hydrogen (secondary N) is 1. The molecule has 1 aromatic carbocycles. The van der Waals surface area contributed by atoms with Gasteiger partial charge in [0.1, 0.15) is 0 Å². The Bertz CT molecular complexity index is 960. The molecule has 0 saturated heterocycles. The van der Waals surface area contributed by atoms with E-state index in [1.807, 2.05) is 0 Å². The normalized spacial score (nSPS) is 14.1. The van der Waals surface area contributed by atoms with Crippen LogP contribution in [0.4, 0.5) is 10.5 Å². The molecule has 0 aliphatic carbocycles. The Hall–Kier alpha value is -0.700. The molecule has 9 N–H and O–H groups in total. The molecule has 4 atom stereocenters. The van der Waals surface area contributed by atoms with E-state index in [2.05, 4.69) is 5.32 Å². The molecule has 0 spiro atoms. The fourth-order valence-corrected chi connectivity index (χ4v) is 7.82. The van der Waals surface area contributed by atoms with Gasteiger partial charge in [0.25, 0.3) is 11.8 Å². The molecule has 234 valence electrons. The second-order valence-corrected chi connectivity index (χ2v) is 11.9. The number of aliphatic hydroxyl groups excluding tert-OH is 8. The van der Waals surface area contributed by atoms with Gasteiger partial charge in [-0.25, -0.2) is 4.79 Å². The number of nitrogens with zero attached hydrogens (tertiary/aromatic N) is 2. The largest absolute Gasteiger partial charge is 0.450 e. The third-order valence-electron chi connectivity index (χ3n) is 5.39. The maximum absolute atomic E-state index is 13.9.